The van der Waals surface area contributed by atoms with Gasteiger partial charge < -0.3 is 5.32 Å². The molecule has 10 heteroatoms. The van der Waals surface area contributed by atoms with Crippen molar-refractivity contribution in [2.45, 2.75) is 24.0 Å². The van der Waals surface area contributed by atoms with Crippen molar-refractivity contribution in [3.63, 3.8) is 0 Å². The third-order valence-electron chi connectivity index (χ3n) is 3.94. The lowest BCUT2D eigenvalue weighted by Crippen LogP contribution is -2.57. The van der Waals surface area contributed by atoms with Gasteiger partial charge in [-0.25, -0.2) is 17.5 Å². The second-order valence-electron chi connectivity index (χ2n) is 5.56. The van der Waals surface area contributed by atoms with Gasteiger partial charge in [0.1, 0.15) is 11.9 Å². The Bertz CT molecular complexity index is 673. The third-order valence-corrected chi connectivity index (χ3v) is 5.51. The fraction of sp³-hybridized carbons (Fsp3) is 0.571. The number of nitrogens with zero attached hydrogens (tertiary/aromatic N) is 1. The summed E-state index contributed by atoms with van der Waals surface area (Å²) in [4.78, 5) is 0.834. The zero-order chi connectivity index (χ0) is 18.0. The fourth-order valence-corrected chi connectivity index (χ4v) is 3.88. The standard InChI is InChI=1S/C14H19F4N3O2S/c1-10-11(15)3-2-4-12(10)24(22,23)20-9-13(14(16,17)18)21-7-5-19-6-8-21/h2-4,13,19-20H,5-9H2,1H3. The highest BCUT2D eigenvalue weighted by atomic mass is 32.2. The minimum atomic E-state index is -4.57. The highest BCUT2D eigenvalue weighted by Crippen LogP contribution is 2.25. The van der Waals surface area contributed by atoms with Crippen LogP contribution in [0.3, 0.4) is 0 Å². The number of benzene rings is 1. The molecule has 5 nitrogen and oxygen atoms in total. The summed E-state index contributed by atoms with van der Waals surface area (Å²) in [6.45, 7) is 1.60. The van der Waals surface area contributed by atoms with Crippen LogP contribution in [0.15, 0.2) is 23.1 Å². The molecule has 0 aliphatic carbocycles. The molecule has 1 saturated heterocycles. The van der Waals surface area contributed by atoms with Crippen molar-refractivity contribution in [2.24, 2.45) is 0 Å². The number of alkyl halides is 3. The average Bonchev–Trinajstić information content (AvgIpc) is 2.49. The lowest BCUT2D eigenvalue weighted by molar-refractivity contribution is -0.182. The molecule has 0 radical (unpaired) electrons. The Kier molecular flexibility index (Phi) is 5.84. The van der Waals surface area contributed by atoms with Crippen molar-refractivity contribution >= 4 is 10.0 Å². The number of piperazine rings is 1. The van der Waals surface area contributed by atoms with Gasteiger partial charge in [0.05, 0.1) is 4.90 Å². The lowest BCUT2D eigenvalue weighted by Gasteiger charge is -2.35. The Morgan fingerprint density at radius 2 is 1.92 bits per heavy atom. The van der Waals surface area contributed by atoms with Gasteiger partial charge in [-0.2, -0.15) is 13.2 Å². The van der Waals surface area contributed by atoms with E-state index in [1.165, 1.54) is 17.9 Å². The number of sulfonamides is 1. The molecule has 1 fully saturated rings. The predicted molar refractivity (Wildman–Crippen MR) is 80.6 cm³/mol. The van der Waals surface area contributed by atoms with Gasteiger partial charge in [0.2, 0.25) is 10.0 Å². The first-order valence-electron chi connectivity index (χ1n) is 7.39. The SMILES string of the molecule is Cc1c(F)cccc1S(=O)(=O)NCC(N1CCNCC1)C(F)(F)F. The minimum Gasteiger partial charge on any atom is -0.314 e. The normalized spacial score (nSPS) is 18.5. The number of hydrogen-bond donors (Lipinski definition) is 2. The topological polar surface area (TPSA) is 61.4 Å². The quantitative estimate of drug-likeness (QED) is 0.767. The number of rotatable bonds is 5. The molecular weight excluding hydrogens is 350 g/mol. The molecule has 1 atom stereocenters. The third kappa shape index (κ3) is 4.44. The summed E-state index contributed by atoms with van der Waals surface area (Å²) >= 11 is 0. The van der Waals surface area contributed by atoms with Crippen LogP contribution in [-0.2, 0) is 10.0 Å². The van der Waals surface area contributed by atoms with Crippen LogP contribution in [0.2, 0.25) is 0 Å². The maximum Gasteiger partial charge on any atom is 0.405 e. The number of nitrogens with one attached hydrogen (secondary N) is 2. The molecule has 1 unspecified atom stereocenters. The molecule has 1 heterocycles. The molecule has 0 aromatic heterocycles. The first-order chi connectivity index (χ1) is 11.1. The molecular formula is C14H19F4N3O2S. The monoisotopic (exact) mass is 369 g/mol. The molecule has 1 aliphatic heterocycles. The van der Waals surface area contributed by atoms with Crippen LogP contribution >= 0.6 is 0 Å². The van der Waals surface area contributed by atoms with E-state index in [4.69, 9.17) is 0 Å². The summed E-state index contributed by atoms with van der Waals surface area (Å²) in [6.07, 6.45) is -4.57. The van der Waals surface area contributed by atoms with E-state index in [0.29, 0.717) is 13.1 Å². The van der Waals surface area contributed by atoms with E-state index < -0.39 is 34.6 Å². The van der Waals surface area contributed by atoms with E-state index in [1.54, 1.807) is 0 Å². The van der Waals surface area contributed by atoms with Gasteiger partial charge in [-0.15, -0.1) is 0 Å². The number of hydrogen-bond acceptors (Lipinski definition) is 4. The second-order valence-corrected chi connectivity index (χ2v) is 7.29. The Morgan fingerprint density at radius 3 is 2.50 bits per heavy atom. The molecule has 2 rings (SSSR count). The smallest absolute Gasteiger partial charge is 0.314 e. The Morgan fingerprint density at radius 1 is 1.29 bits per heavy atom. The molecule has 1 aliphatic rings. The maximum atomic E-state index is 13.5. The lowest BCUT2D eigenvalue weighted by atomic mass is 10.2. The summed E-state index contributed by atoms with van der Waals surface area (Å²) in [5.74, 6) is -0.729. The van der Waals surface area contributed by atoms with Crippen molar-refractivity contribution in [3.05, 3.63) is 29.6 Å². The van der Waals surface area contributed by atoms with Gasteiger partial charge in [-0.05, 0) is 19.1 Å². The first-order valence-corrected chi connectivity index (χ1v) is 8.87. The maximum absolute atomic E-state index is 13.5. The van der Waals surface area contributed by atoms with Gasteiger partial charge in [-0.1, -0.05) is 6.07 Å². The molecule has 0 bridgehead atoms. The van der Waals surface area contributed by atoms with Crippen LogP contribution in [0.25, 0.3) is 0 Å². The zero-order valence-corrected chi connectivity index (χ0v) is 13.8. The van der Waals surface area contributed by atoms with Crippen LogP contribution in [0, 0.1) is 12.7 Å². The van der Waals surface area contributed by atoms with Gasteiger partial charge in [0.15, 0.2) is 0 Å². The second kappa shape index (κ2) is 7.34. The van der Waals surface area contributed by atoms with Crippen LogP contribution in [0.5, 0.6) is 0 Å². The molecule has 0 spiro atoms. The largest absolute Gasteiger partial charge is 0.405 e. The Hall–Kier alpha value is -1.23. The van der Waals surface area contributed by atoms with Crippen molar-refractivity contribution < 1.29 is 26.0 Å². The van der Waals surface area contributed by atoms with Gasteiger partial charge in [0, 0.05) is 38.3 Å². The van der Waals surface area contributed by atoms with Crippen LogP contribution < -0.4 is 10.0 Å². The van der Waals surface area contributed by atoms with E-state index in [-0.39, 0.29) is 23.5 Å². The summed E-state index contributed by atoms with van der Waals surface area (Å²) < 4.78 is 79.8. The summed E-state index contributed by atoms with van der Waals surface area (Å²) in [5.41, 5.74) is -0.129. The Labute approximate surface area is 138 Å². The van der Waals surface area contributed by atoms with E-state index in [1.807, 2.05) is 4.72 Å². The van der Waals surface area contributed by atoms with Crippen molar-refractivity contribution in [3.8, 4) is 0 Å². The highest BCUT2D eigenvalue weighted by molar-refractivity contribution is 7.89. The van der Waals surface area contributed by atoms with Crippen LogP contribution in [0.4, 0.5) is 17.6 Å². The zero-order valence-electron chi connectivity index (χ0n) is 13.0. The molecule has 0 saturated carbocycles. The van der Waals surface area contributed by atoms with E-state index >= 15 is 0 Å². The summed E-state index contributed by atoms with van der Waals surface area (Å²) in [6, 6.07) is 1.53. The van der Waals surface area contributed by atoms with Gasteiger partial charge >= 0.3 is 6.18 Å². The van der Waals surface area contributed by atoms with E-state index in [2.05, 4.69) is 5.32 Å². The molecule has 1 aromatic rings. The summed E-state index contributed by atoms with van der Waals surface area (Å²) in [7, 11) is -4.24. The van der Waals surface area contributed by atoms with Crippen molar-refractivity contribution in [1.29, 1.82) is 0 Å². The summed E-state index contributed by atoms with van der Waals surface area (Å²) in [5, 5.41) is 2.94. The van der Waals surface area contributed by atoms with Crippen molar-refractivity contribution in [2.75, 3.05) is 32.7 Å². The van der Waals surface area contributed by atoms with Crippen LogP contribution in [0.1, 0.15) is 5.56 Å². The van der Waals surface area contributed by atoms with Crippen molar-refractivity contribution in [1.82, 2.24) is 14.9 Å². The fourth-order valence-electron chi connectivity index (χ4n) is 2.59. The molecule has 1 aromatic carbocycles. The van der Waals surface area contributed by atoms with E-state index in [9.17, 15) is 26.0 Å². The first kappa shape index (κ1) is 19.1. The minimum absolute atomic E-state index is 0.129. The molecule has 24 heavy (non-hydrogen) atoms. The van der Waals surface area contributed by atoms with E-state index in [0.717, 1.165) is 12.1 Å². The van der Waals surface area contributed by atoms with Crippen LogP contribution in [-0.4, -0.2) is 58.3 Å². The van der Waals surface area contributed by atoms with Gasteiger partial charge in [-0.3, -0.25) is 4.90 Å². The highest BCUT2D eigenvalue weighted by Gasteiger charge is 2.44. The number of halogens is 4. The van der Waals surface area contributed by atoms with Gasteiger partial charge in [0.25, 0.3) is 0 Å². The predicted octanol–water partition coefficient (Wildman–Crippen LogP) is 1.25. The Balaban J connectivity index is 2.17. The molecule has 136 valence electrons. The average molecular weight is 369 g/mol. The molecule has 0 amide bonds. The molecule has 2 N–H and O–H groups in total.